The lowest BCUT2D eigenvalue weighted by atomic mass is 10.2. The summed E-state index contributed by atoms with van der Waals surface area (Å²) in [6, 6.07) is 4.74. The first-order chi connectivity index (χ1) is 13.1. The number of aromatic nitrogens is 2. The molecule has 1 heterocycles. The second-order valence-electron chi connectivity index (χ2n) is 6.10. The Labute approximate surface area is 161 Å². The third-order valence-corrected chi connectivity index (χ3v) is 5.70. The summed E-state index contributed by atoms with van der Waals surface area (Å²) in [5, 5.41) is 10.1. The minimum atomic E-state index is -4.42. The van der Waals surface area contributed by atoms with E-state index in [-0.39, 0.29) is 11.7 Å². The molecule has 0 saturated carbocycles. The number of aliphatic imine (C=N–C) groups is 1. The van der Waals surface area contributed by atoms with Crippen molar-refractivity contribution in [3.8, 4) is 5.88 Å². The Morgan fingerprint density at radius 2 is 1.96 bits per heavy atom. The monoisotopic (exact) mass is 410 g/mol. The van der Waals surface area contributed by atoms with E-state index in [1.165, 1.54) is 19.1 Å². The molecule has 9 nitrogen and oxygen atoms in total. The Kier molecular flexibility index (Phi) is 6.39. The van der Waals surface area contributed by atoms with Crippen molar-refractivity contribution in [1.82, 2.24) is 9.97 Å². The van der Waals surface area contributed by atoms with Crippen molar-refractivity contribution in [3.63, 3.8) is 0 Å². The van der Waals surface area contributed by atoms with Crippen LogP contribution in [0.1, 0.15) is 30.6 Å². The van der Waals surface area contributed by atoms with Gasteiger partial charge in [0.15, 0.2) is 9.84 Å². The minimum Gasteiger partial charge on any atom is -0.470 e. The first kappa shape index (κ1) is 21.4. The fourth-order valence-electron chi connectivity index (χ4n) is 2.54. The number of hydrogen-bond acceptors (Lipinski definition) is 8. The van der Waals surface area contributed by atoms with Gasteiger partial charge in [-0.2, -0.15) is 4.98 Å². The smallest absolute Gasteiger partial charge is 0.353 e. The highest BCUT2D eigenvalue weighted by Gasteiger charge is 2.40. The van der Waals surface area contributed by atoms with Crippen molar-refractivity contribution in [2.24, 2.45) is 4.99 Å². The quantitative estimate of drug-likeness (QED) is 0.372. The average Bonchev–Trinajstić information content (AvgIpc) is 2.58. The van der Waals surface area contributed by atoms with Gasteiger partial charge in [0.2, 0.25) is 0 Å². The van der Waals surface area contributed by atoms with Gasteiger partial charge in [-0.25, -0.2) is 17.8 Å². The number of sulfone groups is 1. The molecule has 0 spiro atoms. The van der Waals surface area contributed by atoms with E-state index in [1.807, 2.05) is 0 Å². The SMILES string of the molecule is C=NCC(c1nc(C)nc(OC(C)C)c1[N+](=O)[O-])S(=O)(=O)c1ccccc1F. The molecule has 0 fully saturated rings. The van der Waals surface area contributed by atoms with Gasteiger partial charge in [-0.15, -0.1) is 0 Å². The zero-order valence-electron chi connectivity index (χ0n) is 15.5. The standard InChI is InChI=1S/C17H19FN4O5S/c1-10(2)27-17-16(22(23)24)15(20-11(3)21-17)14(9-19-4)28(25,26)13-8-6-5-7-12(13)18/h5-8,10,14H,4,9H2,1-3H3. The number of rotatable bonds is 8. The second-order valence-corrected chi connectivity index (χ2v) is 8.20. The van der Waals surface area contributed by atoms with E-state index >= 15 is 0 Å². The van der Waals surface area contributed by atoms with Crippen LogP contribution in [0.15, 0.2) is 34.2 Å². The lowest BCUT2D eigenvalue weighted by Crippen LogP contribution is -2.22. The van der Waals surface area contributed by atoms with Crippen molar-refractivity contribution in [2.75, 3.05) is 6.54 Å². The lowest BCUT2D eigenvalue weighted by molar-refractivity contribution is -0.387. The van der Waals surface area contributed by atoms with Crippen LogP contribution < -0.4 is 4.74 Å². The van der Waals surface area contributed by atoms with Crippen LogP contribution in [0.2, 0.25) is 0 Å². The first-order valence-electron chi connectivity index (χ1n) is 8.20. The summed E-state index contributed by atoms with van der Waals surface area (Å²) < 4.78 is 45.8. The third kappa shape index (κ3) is 4.30. The van der Waals surface area contributed by atoms with Gasteiger partial charge in [0.25, 0.3) is 5.88 Å². The Morgan fingerprint density at radius 3 is 2.50 bits per heavy atom. The topological polar surface area (TPSA) is 125 Å². The molecule has 0 aliphatic rings. The molecule has 150 valence electrons. The third-order valence-electron chi connectivity index (χ3n) is 3.64. The van der Waals surface area contributed by atoms with Crippen LogP contribution in [0.5, 0.6) is 5.88 Å². The molecule has 1 aromatic heterocycles. The molecule has 1 aromatic carbocycles. The van der Waals surface area contributed by atoms with Crippen LogP contribution in [0, 0.1) is 22.9 Å². The largest absolute Gasteiger partial charge is 0.470 e. The highest BCUT2D eigenvalue weighted by molar-refractivity contribution is 7.91. The van der Waals surface area contributed by atoms with Gasteiger partial charge in [0, 0.05) is 0 Å². The lowest BCUT2D eigenvalue weighted by Gasteiger charge is -2.18. The van der Waals surface area contributed by atoms with Gasteiger partial charge < -0.3 is 4.74 Å². The number of hydrogen-bond donors (Lipinski definition) is 0. The van der Waals surface area contributed by atoms with Crippen molar-refractivity contribution in [2.45, 2.75) is 37.0 Å². The van der Waals surface area contributed by atoms with E-state index in [4.69, 9.17) is 4.74 Å². The Balaban J connectivity index is 2.80. The molecule has 0 amide bonds. The van der Waals surface area contributed by atoms with Gasteiger partial charge in [0.05, 0.1) is 17.6 Å². The maximum absolute atomic E-state index is 14.2. The molecule has 0 radical (unpaired) electrons. The van der Waals surface area contributed by atoms with Gasteiger partial charge >= 0.3 is 5.69 Å². The molecule has 0 N–H and O–H groups in total. The van der Waals surface area contributed by atoms with Crippen molar-refractivity contribution in [1.29, 1.82) is 0 Å². The van der Waals surface area contributed by atoms with Gasteiger partial charge in [0.1, 0.15) is 27.5 Å². The fraction of sp³-hybridized carbons (Fsp3) is 0.353. The van der Waals surface area contributed by atoms with Crippen molar-refractivity contribution >= 4 is 22.2 Å². The van der Waals surface area contributed by atoms with Gasteiger partial charge in [-0.3, -0.25) is 15.1 Å². The maximum atomic E-state index is 14.2. The summed E-state index contributed by atoms with van der Waals surface area (Å²) in [6.07, 6.45) is -0.458. The molecule has 1 unspecified atom stereocenters. The highest BCUT2D eigenvalue weighted by Crippen LogP contribution is 2.38. The number of nitrogens with zero attached hydrogens (tertiary/aromatic N) is 4. The molecule has 2 rings (SSSR count). The summed E-state index contributed by atoms with van der Waals surface area (Å²) >= 11 is 0. The molecule has 2 aromatic rings. The van der Waals surface area contributed by atoms with E-state index in [0.29, 0.717) is 0 Å². The second kappa shape index (κ2) is 8.38. The van der Waals surface area contributed by atoms with Crippen LogP contribution in [-0.2, 0) is 9.84 Å². The molecular weight excluding hydrogens is 391 g/mol. The number of ether oxygens (including phenoxy) is 1. The molecule has 0 bridgehead atoms. The predicted octanol–water partition coefficient (Wildman–Crippen LogP) is 2.84. The molecule has 0 aliphatic carbocycles. The van der Waals surface area contributed by atoms with Crippen LogP contribution in [0.4, 0.5) is 10.1 Å². The fourth-order valence-corrected chi connectivity index (χ4v) is 4.22. The van der Waals surface area contributed by atoms with Crippen molar-refractivity contribution < 1.29 is 22.5 Å². The first-order valence-corrected chi connectivity index (χ1v) is 9.74. The molecule has 0 saturated heterocycles. The molecular formula is C17H19FN4O5S. The predicted molar refractivity (Wildman–Crippen MR) is 99.9 cm³/mol. The molecule has 1 atom stereocenters. The number of halogens is 1. The van der Waals surface area contributed by atoms with E-state index in [0.717, 1.165) is 12.1 Å². The Bertz CT molecular complexity index is 1010. The molecule has 11 heteroatoms. The van der Waals surface area contributed by atoms with E-state index in [2.05, 4.69) is 21.7 Å². The van der Waals surface area contributed by atoms with Gasteiger partial charge in [-0.05, 0) is 39.6 Å². The summed E-state index contributed by atoms with van der Waals surface area (Å²) in [5.41, 5.74) is -1.13. The maximum Gasteiger partial charge on any atom is 0.353 e. The summed E-state index contributed by atoms with van der Waals surface area (Å²) in [4.78, 5) is 21.8. The Hall–Kier alpha value is -2.95. The number of benzene rings is 1. The van der Waals surface area contributed by atoms with Crippen LogP contribution >= 0.6 is 0 Å². The van der Waals surface area contributed by atoms with E-state index < -0.39 is 54.8 Å². The normalized spacial score (nSPS) is 12.6. The number of nitro groups is 1. The minimum absolute atomic E-state index is 0.0639. The highest BCUT2D eigenvalue weighted by atomic mass is 32.2. The average molecular weight is 410 g/mol. The zero-order chi connectivity index (χ0) is 21.1. The van der Waals surface area contributed by atoms with Crippen LogP contribution in [0.25, 0.3) is 0 Å². The summed E-state index contributed by atoms with van der Waals surface area (Å²) in [7, 11) is -4.42. The van der Waals surface area contributed by atoms with Gasteiger partial charge in [-0.1, -0.05) is 12.1 Å². The summed E-state index contributed by atoms with van der Waals surface area (Å²) in [6.45, 7) is 7.52. The zero-order valence-corrected chi connectivity index (χ0v) is 16.3. The molecule has 28 heavy (non-hydrogen) atoms. The molecule has 0 aliphatic heterocycles. The van der Waals surface area contributed by atoms with E-state index in [1.54, 1.807) is 13.8 Å². The Morgan fingerprint density at radius 1 is 1.32 bits per heavy atom. The summed E-state index contributed by atoms with van der Waals surface area (Å²) in [5.74, 6) is -1.28. The van der Waals surface area contributed by atoms with Crippen molar-refractivity contribution in [3.05, 3.63) is 51.7 Å². The number of aryl methyl sites for hydroxylation is 1. The van der Waals surface area contributed by atoms with Crippen LogP contribution in [0.3, 0.4) is 0 Å². The van der Waals surface area contributed by atoms with Crippen LogP contribution in [-0.4, -0.2) is 42.7 Å². The van der Waals surface area contributed by atoms with E-state index in [9.17, 15) is 22.9 Å².